The van der Waals surface area contributed by atoms with Crippen LogP contribution in [0.3, 0.4) is 0 Å². The molecule has 0 bridgehead atoms. The molecule has 7 heteroatoms. The van der Waals surface area contributed by atoms with Gasteiger partial charge in [0, 0.05) is 5.92 Å². The first-order valence-electron chi connectivity index (χ1n) is 8.47. The maximum Gasteiger partial charge on any atom is 0.407 e. The van der Waals surface area contributed by atoms with Crippen LogP contribution in [0.4, 0.5) is 4.79 Å². The molecule has 1 unspecified atom stereocenters. The van der Waals surface area contributed by atoms with E-state index in [0.717, 1.165) is 22.3 Å². The van der Waals surface area contributed by atoms with Crippen molar-refractivity contribution in [3.63, 3.8) is 0 Å². The van der Waals surface area contributed by atoms with E-state index < -0.39 is 30.0 Å². The third-order valence-corrected chi connectivity index (χ3v) is 4.77. The van der Waals surface area contributed by atoms with Crippen LogP contribution in [0.5, 0.6) is 0 Å². The lowest BCUT2D eigenvalue weighted by atomic mass is 9.98. The number of rotatable bonds is 6. The van der Waals surface area contributed by atoms with Gasteiger partial charge in [-0.25, -0.2) is 9.59 Å². The van der Waals surface area contributed by atoms with Gasteiger partial charge in [0.15, 0.2) is 0 Å². The number of benzene rings is 2. The number of hydrogen-bond acceptors (Lipinski definition) is 4. The molecule has 0 saturated carbocycles. The Morgan fingerprint density at radius 1 is 0.963 bits per heavy atom. The summed E-state index contributed by atoms with van der Waals surface area (Å²) in [6, 6.07) is 14.1. The number of ether oxygens (including phenoxy) is 1. The van der Waals surface area contributed by atoms with E-state index in [-0.39, 0.29) is 12.5 Å². The third-order valence-electron chi connectivity index (χ3n) is 4.77. The molecular weight excluding hydrogens is 350 g/mol. The quantitative estimate of drug-likeness (QED) is 0.722. The van der Waals surface area contributed by atoms with Gasteiger partial charge in [-0.1, -0.05) is 48.5 Å². The summed E-state index contributed by atoms with van der Waals surface area (Å²) in [5.41, 5.74) is 4.20. The van der Waals surface area contributed by atoms with E-state index in [1.165, 1.54) is 6.92 Å². The van der Waals surface area contributed by atoms with Crippen LogP contribution in [0.2, 0.25) is 0 Å². The Hall–Kier alpha value is -3.35. The summed E-state index contributed by atoms with van der Waals surface area (Å²) >= 11 is 0. The van der Waals surface area contributed by atoms with Crippen LogP contribution in [-0.2, 0) is 14.3 Å². The van der Waals surface area contributed by atoms with Crippen molar-refractivity contribution in [2.45, 2.75) is 18.9 Å². The fraction of sp³-hybridized carbons (Fsp3) is 0.250. The zero-order valence-electron chi connectivity index (χ0n) is 14.6. The maximum atomic E-state index is 12.1. The van der Waals surface area contributed by atoms with Crippen LogP contribution in [0.1, 0.15) is 24.0 Å². The molecule has 140 valence electrons. The largest absolute Gasteiger partial charge is 0.481 e. The molecule has 0 fully saturated rings. The third kappa shape index (κ3) is 3.62. The molecule has 1 aliphatic rings. The summed E-state index contributed by atoms with van der Waals surface area (Å²) in [4.78, 5) is 34.3. The van der Waals surface area contributed by atoms with Crippen LogP contribution in [0, 0.1) is 5.92 Å². The van der Waals surface area contributed by atoms with Gasteiger partial charge in [-0.05, 0) is 29.2 Å². The molecule has 0 aromatic heterocycles. The topological polar surface area (TPSA) is 113 Å². The fourth-order valence-corrected chi connectivity index (χ4v) is 3.31. The number of carboxylic acids is 2. The van der Waals surface area contributed by atoms with Crippen molar-refractivity contribution in [3.05, 3.63) is 59.7 Å². The van der Waals surface area contributed by atoms with Gasteiger partial charge in [0.05, 0.1) is 5.92 Å². The summed E-state index contributed by atoms with van der Waals surface area (Å²) in [5, 5.41) is 20.3. The number of nitrogens with one attached hydrogen (secondary N) is 1. The minimum absolute atomic E-state index is 0.0215. The van der Waals surface area contributed by atoms with Crippen molar-refractivity contribution in [1.82, 2.24) is 5.32 Å². The summed E-state index contributed by atoms with van der Waals surface area (Å²) in [5.74, 6) is -4.20. The number of carbonyl (C=O) groups excluding carboxylic acids is 1. The van der Waals surface area contributed by atoms with Crippen molar-refractivity contribution >= 4 is 18.0 Å². The van der Waals surface area contributed by atoms with Gasteiger partial charge in [0.25, 0.3) is 0 Å². The number of fused-ring (bicyclic) bond motifs is 3. The molecule has 27 heavy (non-hydrogen) atoms. The molecule has 0 aliphatic heterocycles. The second-order valence-electron chi connectivity index (χ2n) is 6.41. The van der Waals surface area contributed by atoms with Crippen LogP contribution in [0.15, 0.2) is 48.5 Å². The lowest BCUT2D eigenvalue weighted by Crippen LogP contribution is -2.47. The molecule has 3 rings (SSSR count). The molecule has 7 nitrogen and oxygen atoms in total. The van der Waals surface area contributed by atoms with E-state index in [9.17, 15) is 14.4 Å². The number of amides is 1. The molecular formula is C20H19NO6. The lowest BCUT2D eigenvalue weighted by Gasteiger charge is -2.19. The van der Waals surface area contributed by atoms with E-state index in [0.29, 0.717) is 0 Å². The highest BCUT2D eigenvalue weighted by Crippen LogP contribution is 2.44. The predicted molar refractivity (Wildman–Crippen MR) is 96.4 cm³/mol. The molecule has 0 radical (unpaired) electrons. The molecule has 0 spiro atoms. The van der Waals surface area contributed by atoms with E-state index in [4.69, 9.17) is 14.9 Å². The first-order valence-corrected chi connectivity index (χ1v) is 8.47. The Morgan fingerprint density at radius 2 is 1.48 bits per heavy atom. The first kappa shape index (κ1) is 18.4. The average molecular weight is 369 g/mol. The predicted octanol–water partition coefficient (Wildman–Crippen LogP) is 2.70. The number of aliphatic carboxylic acids is 2. The number of carbonyl (C=O) groups is 3. The first-order chi connectivity index (χ1) is 12.9. The second kappa shape index (κ2) is 7.49. The Balaban J connectivity index is 1.72. The minimum Gasteiger partial charge on any atom is -0.481 e. The zero-order valence-corrected chi connectivity index (χ0v) is 14.6. The van der Waals surface area contributed by atoms with E-state index in [1.54, 1.807) is 0 Å². The second-order valence-corrected chi connectivity index (χ2v) is 6.41. The molecule has 3 N–H and O–H groups in total. The monoisotopic (exact) mass is 369 g/mol. The normalized spacial score (nSPS) is 14.6. The molecule has 2 aromatic rings. The molecule has 2 atom stereocenters. The van der Waals surface area contributed by atoms with Crippen LogP contribution >= 0.6 is 0 Å². The number of carboxylic acid groups (broad SMARTS) is 2. The van der Waals surface area contributed by atoms with Crippen molar-refractivity contribution in [1.29, 1.82) is 0 Å². The Labute approximate surface area is 155 Å². The average Bonchev–Trinajstić information content (AvgIpc) is 2.97. The van der Waals surface area contributed by atoms with E-state index in [1.807, 2.05) is 48.5 Å². The summed E-state index contributed by atoms with van der Waals surface area (Å²) in [7, 11) is 0. The van der Waals surface area contributed by atoms with Gasteiger partial charge < -0.3 is 20.3 Å². The van der Waals surface area contributed by atoms with Crippen LogP contribution < -0.4 is 5.32 Å². The smallest absolute Gasteiger partial charge is 0.407 e. The zero-order chi connectivity index (χ0) is 19.6. The molecule has 1 aliphatic carbocycles. The van der Waals surface area contributed by atoms with Crippen molar-refractivity contribution in [3.8, 4) is 11.1 Å². The molecule has 1 amide bonds. The maximum absolute atomic E-state index is 12.1. The summed E-state index contributed by atoms with van der Waals surface area (Å²) in [6.07, 6.45) is -0.961. The van der Waals surface area contributed by atoms with Crippen LogP contribution in [0.25, 0.3) is 11.1 Å². The molecule has 2 aromatic carbocycles. The van der Waals surface area contributed by atoms with Gasteiger partial charge in [-0.3, -0.25) is 4.79 Å². The number of hydrogen-bond donors (Lipinski definition) is 3. The van der Waals surface area contributed by atoms with Gasteiger partial charge in [0.2, 0.25) is 0 Å². The van der Waals surface area contributed by atoms with Crippen LogP contribution in [-0.4, -0.2) is 40.9 Å². The van der Waals surface area contributed by atoms with E-state index in [2.05, 4.69) is 5.32 Å². The molecule has 0 heterocycles. The van der Waals surface area contributed by atoms with Crippen molar-refractivity contribution in [2.24, 2.45) is 5.92 Å². The highest BCUT2D eigenvalue weighted by molar-refractivity contribution is 5.86. The van der Waals surface area contributed by atoms with Crippen molar-refractivity contribution < 1.29 is 29.3 Å². The Kier molecular flexibility index (Phi) is 5.12. The minimum atomic E-state index is -1.57. The van der Waals surface area contributed by atoms with Gasteiger partial charge >= 0.3 is 18.0 Å². The molecule has 0 saturated heterocycles. The Bertz CT molecular complexity index is 848. The lowest BCUT2D eigenvalue weighted by molar-refractivity contribution is -0.150. The van der Waals surface area contributed by atoms with Crippen molar-refractivity contribution in [2.75, 3.05) is 6.61 Å². The standard InChI is InChI=1S/C20H19NO6/c1-11(18(22)23)17(19(24)25)21-20(26)27-10-16-14-8-4-2-6-12(14)13-7-3-5-9-15(13)16/h2-9,11,16-17H,10H2,1H3,(H,21,26)(H,22,23)(H,24,25)/t11?,17-/m0/s1. The highest BCUT2D eigenvalue weighted by atomic mass is 16.5. The summed E-state index contributed by atoms with van der Waals surface area (Å²) < 4.78 is 5.24. The van der Waals surface area contributed by atoms with Gasteiger partial charge in [-0.15, -0.1) is 0 Å². The SMILES string of the molecule is CC(C(=O)O)[C@H](NC(=O)OCC1c2ccccc2-c2ccccc21)C(=O)O. The van der Waals surface area contributed by atoms with Gasteiger partial charge in [0.1, 0.15) is 12.6 Å². The van der Waals surface area contributed by atoms with E-state index >= 15 is 0 Å². The highest BCUT2D eigenvalue weighted by Gasteiger charge is 2.33. The number of alkyl carbamates (subject to hydrolysis) is 1. The van der Waals surface area contributed by atoms with Gasteiger partial charge in [-0.2, -0.15) is 0 Å². The fourth-order valence-electron chi connectivity index (χ4n) is 3.31. The Morgan fingerprint density at radius 3 is 1.96 bits per heavy atom. The summed E-state index contributed by atoms with van der Waals surface area (Å²) in [6.45, 7) is 1.23.